The van der Waals surface area contributed by atoms with Crippen LogP contribution in [-0.2, 0) is 24.2 Å². The number of hydrogen-bond donors (Lipinski definition) is 4. The predicted molar refractivity (Wildman–Crippen MR) is 149 cm³/mol. The van der Waals surface area contributed by atoms with Crippen molar-refractivity contribution < 1.29 is 18.7 Å². The number of fused-ring (bicyclic) bond motifs is 1. The molecule has 1 heterocycles. The van der Waals surface area contributed by atoms with Crippen LogP contribution >= 0.6 is 0 Å². The maximum atomic E-state index is 14.4. The second kappa shape index (κ2) is 13.8. The molecule has 2 aromatic carbocycles. The number of hydrogen-bond acceptors (Lipinski definition) is 5. The maximum Gasteiger partial charge on any atom is 0.242 e. The van der Waals surface area contributed by atoms with Gasteiger partial charge in [-0.3, -0.25) is 4.79 Å². The standard InChI is InChI=1S/C30H39F2N5O2/c1-3-7-24(18-38)33-16-21-9-5-6-10-28(21)37-17-29(34-19-37)36-30(39)27(8-4-2)35-23-12-11-20-13-22(31)14-26(32)25(20)15-23/h5-6,9-10,13-14,17,19,23-24,27,33,35,38H,3-4,7-8,11-12,15-16,18H2,1-2H3,(H,36,39)/t23-,24?,27+/m0/s1. The molecule has 1 aliphatic carbocycles. The molecular weight excluding hydrogens is 500 g/mol. The van der Waals surface area contributed by atoms with Gasteiger partial charge in [0.15, 0.2) is 5.82 Å². The van der Waals surface area contributed by atoms with E-state index in [4.69, 9.17) is 0 Å². The maximum absolute atomic E-state index is 14.4. The Morgan fingerprint density at radius 1 is 1.18 bits per heavy atom. The first kappa shape index (κ1) is 28.9. The van der Waals surface area contributed by atoms with Crippen LogP contribution in [0.25, 0.3) is 5.69 Å². The zero-order chi connectivity index (χ0) is 27.8. The fourth-order valence-corrected chi connectivity index (χ4v) is 5.30. The second-order valence-electron chi connectivity index (χ2n) is 10.3. The predicted octanol–water partition coefficient (Wildman–Crippen LogP) is 4.66. The van der Waals surface area contributed by atoms with Gasteiger partial charge >= 0.3 is 0 Å². The van der Waals surface area contributed by atoms with E-state index in [9.17, 15) is 18.7 Å². The van der Waals surface area contributed by atoms with Crippen molar-refractivity contribution in [2.45, 2.75) is 83.5 Å². The first-order valence-electron chi connectivity index (χ1n) is 13.9. The molecule has 1 amide bonds. The Morgan fingerprint density at radius 3 is 2.74 bits per heavy atom. The van der Waals surface area contributed by atoms with E-state index >= 15 is 0 Å². The van der Waals surface area contributed by atoms with Crippen molar-refractivity contribution in [3.8, 4) is 5.69 Å². The molecule has 39 heavy (non-hydrogen) atoms. The third-order valence-corrected chi connectivity index (χ3v) is 7.34. The molecule has 1 unspecified atom stereocenters. The number of carbonyl (C=O) groups is 1. The Bertz CT molecular complexity index is 1250. The first-order chi connectivity index (χ1) is 18.9. The van der Waals surface area contributed by atoms with Gasteiger partial charge in [0.1, 0.15) is 18.0 Å². The van der Waals surface area contributed by atoms with Gasteiger partial charge in [0.2, 0.25) is 5.91 Å². The molecular formula is C30H39F2N5O2. The number of aliphatic hydroxyl groups is 1. The van der Waals surface area contributed by atoms with Gasteiger partial charge in [0.25, 0.3) is 0 Å². The lowest BCUT2D eigenvalue weighted by molar-refractivity contribution is -0.118. The highest BCUT2D eigenvalue weighted by atomic mass is 19.1. The number of amides is 1. The van der Waals surface area contributed by atoms with Gasteiger partial charge in [0, 0.05) is 24.7 Å². The van der Waals surface area contributed by atoms with Gasteiger partial charge in [-0.1, -0.05) is 44.9 Å². The molecule has 3 atom stereocenters. The van der Waals surface area contributed by atoms with Crippen LogP contribution in [0.4, 0.5) is 14.6 Å². The van der Waals surface area contributed by atoms with Crippen molar-refractivity contribution in [1.29, 1.82) is 0 Å². The van der Waals surface area contributed by atoms with E-state index in [1.807, 2.05) is 35.8 Å². The molecule has 3 aromatic rings. The van der Waals surface area contributed by atoms with E-state index in [0.717, 1.165) is 36.6 Å². The number of imidazole rings is 1. The van der Waals surface area contributed by atoms with E-state index in [1.165, 1.54) is 6.07 Å². The van der Waals surface area contributed by atoms with Gasteiger partial charge in [0.05, 0.1) is 24.5 Å². The summed E-state index contributed by atoms with van der Waals surface area (Å²) in [4.78, 5) is 17.6. The summed E-state index contributed by atoms with van der Waals surface area (Å²) in [5, 5.41) is 19.4. The molecule has 9 heteroatoms. The number of nitrogens with zero attached hydrogens (tertiary/aromatic N) is 2. The third kappa shape index (κ3) is 7.50. The van der Waals surface area contributed by atoms with E-state index in [2.05, 4.69) is 27.9 Å². The fourth-order valence-electron chi connectivity index (χ4n) is 5.30. The lowest BCUT2D eigenvalue weighted by Gasteiger charge is -2.29. The van der Waals surface area contributed by atoms with Crippen LogP contribution in [0.2, 0.25) is 0 Å². The minimum absolute atomic E-state index is 0.0407. The Labute approximate surface area is 229 Å². The number of rotatable bonds is 13. The molecule has 1 aromatic heterocycles. The zero-order valence-electron chi connectivity index (χ0n) is 22.7. The number of halogens is 2. The van der Waals surface area contributed by atoms with Gasteiger partial charge in [-0.25, -0.2) is 13.8 Å². The Morgan fingerprint density at radius 2 is 1.97 bits per heavy atom. The summed E-state index contributed by atoms with van der Waals surface area (Å²) in [7, 11) is 0. The number of aliphatic hydroxyl groups excluding tert-OH is 1. The van der Waals surface area contributed by atoms with Crippen molar-refractivity contribution in [3.05, 3.63) is 77.2 Å². The van der Waals surface area contributed by atoms with Gasteiger partial charge in [-0.2, -0.15) is 0 Å². The van der Waals surface area contributed by atoms with Crippen LogP contribution in [0.15, 0.2) is 48.9 Å². The van der Waals surface area contributed by atoms with E-state index < -0.39 is 17.7 Å². The Kier molecular flexibility index (Phi) is 10.2. The molecule has 7 nitrogen and oxygen atoms in total. The highest BCUT2D eigenvalue weighted by Gasteiger charge is 2.27. The number of carbonyl (C=O) groups excluding carboxylic acids is 1. The zero-order valence-corrected chi connectivity index (χ0v) is 22.7. The Balaban J connectivity index is 1.41. The molecule has 0 bridgehead atoms. The molecule has 0 radical (unpaired) electrons. The summed E-state index contributed by atoms with van der Waals surface area (Å²) in [6.45, 7) is 4.80. The van der Waals surface area contributed by atoms with Crippen LogP contribution in [0.1, 0.15) is 62.6 Å². The first-order valence-corrected chi connectivity index (χ1v) is 13.9. The number of benzene rings is 2. The highest BCUT2D eigenvalue weighted by Crippen LogP contribution is 2.26. The molecule has 0 spiro atoms. The van der Waals surface area contributed by atoms with Crippen LogP contribution in [0.5, 0.6) is 0 Å². The monoisotopic (exact) mass is 539 g/mol. The summed E-state index contributed by atoms with van der Waals surface area (Å²) in [5.74, 6) is -0.815. The van der Waals surface area contributed by atoms with Crippen molar-refractivity contribution in [2.24, 2.45) is 0 Å². The molecule has 4 N–H and O–H groups in total. The fraction of sp³-hybridized carbons (Fsp3) is 0.467. The summed E-state index contributed by atoms with van der Waals surface area (Å²) < 4.78 is 29.8. The van der Waals surface area contributed by atoms with Gasteiger partial charge < -0.3 is 25.6 Å². The van der Waals surface area contributed by atoms with Crippen LogP contribution in [0, 0.1) is 11.6 Å². The van der Waals surface area contributed by atoms with Crippen LogP contribution < -0.4 is 16.0 Å². The summed E-state index contributed by atoms with van der Waals surface area (Å²) >= 11 is 0. The number of aryl methyl sites for hydroxylation is 1. The topological polar surface area (TPSA) is 91.2 Å². The number of anilines is 1. The average Bonchev–Trinajstić information content (AvgIpc) is 3.39. The van der Waals surface area contributed by atoms with Crippen LogP contribution in [0.3, 0.4) is 0 Å². The summed E-state index contributed by atoms with van der Waals surface area (Å²) in [5.41, 5.74) is 3.23. The van der Waals surface area contributed by atoms with E-state index in [1.54, 1.807) is 12.5 Å². The van der Waals surface area contributed by atoms with E-state index in [-0.39, 0.29) is 24.6 Å². The summed E-state index contributed by atoms with van der Waals surface area (Å²) in [6.07, 6.45) is 8.47. The largest absolute Gasteiger partial charge is 0.395 e. The molecule has 1 aliphatic rings. The molecule has 4 rings (SSSR count). The molecule has 0 saturated carbocycles. The van der Waals surface area contributed by atoms with Crippen molar-refractivity contribution in [2.75, 3.05) is 11.9 Å². The average molecular weight is 540 g/mol. The van der Waals surface area contributed by atoms with Crippen molar-refractivity contribution in [3.63, 3.8) is 0 Å². The minimum Gasteiger partial charge on any atom is -0.395 e. The number of nitrogens with one attached hydrogen (secondary N) is 3. The third-order valence-electron chi connectivity index (χ3n) is 7.34. The van der Waals surface area contributed by atoms with Gasteiger partial charge in [-0.05, 0) is 60.9 Å². The lowest BCUT2D eigenvalue weighted by atomic mass is 9.87. The molecule has 0 aliphatic heterocycles. The SMILES string of the molecule is CCCC(CO)NCc1ccccc1-n1cnc(NC(=O)[C@@H](CCC)N[C@H]2CCc3cc(F)cc(F)c3C2)c1. The number of aromatic nitrogens is 2. The number of para-hydroxylation sites is 1. The molecule has 0 saturated heterocycles. The smallest absolute Gasteiger partial charge is 0.242 e. The van der Waals surface area contributed by atoms with E-state index in [0.29, 0.717) is 49.2 Å². The second-order valence-corrected chi connectivity index (χ2v) is 10.3. The normalized spacial score (nSPS) is 16.5. The highest BCUT2D eigenvalue weighted by molar-refractivity contribution is 5.94. The molecule has 210 valence electrons. The Hall–Kier alpha value is -3.14. The quantitative estimate of drug-likeness (QED) is 0.254. The van der Waals surface area contributed by atoms with Crippen molar-refractivity contribution >= 4 is 11.7 Å². The minimum atomic E-state index is -0.551. The van der Waals surface area contributed by atoms with Crippen LogP contribution in [-0.4, -0.2) is 45.3 Å². The lowest BCUT2D eigenvalue weighted by Crippen LogP contribution is -2.48. The van der Waals surface area contributed by atoms with Crippen molar-refractivity contribution in [1.82, 2.24) is 20.2 Å². The molecule has 0 fully saturated rings. The summed E-state index contributed by atoms with van der Waals surface area (Å²) in [6, 6.07) is 9.79. The van der Waals surface area contributed by atoms with Gasteiger partial charge in [-0.15, -0.1) is 0 Å².